The van der Waals surface area contributed by atoms with Crippen molar-refractivity contribution in [1.82, 2.24) is 5.32 Å². The highest BCUT2D eigenvalue weighted by Crippen LogP contribution is 2.37. The molecule has 0 spiro atoms. The molecule has 1 saturated heterocycles. The van der Waals surface area contributed by atoms with Crippen LogP contribution in [0.2, 0.25) is 10.0 Å². The highest BCUT2D eigenvalue weighted by atomic mass is 35.5. The van der Waals surface area contributed by atoms with Gasteiger partial charge in [0, 0.05) is 17.0 Å². The number of hydrogen-bond acceptors (Lipinski definition) is 4. The zero-order valence-corrected chi connectivity index (χ0v) is 15.5. The zero-order valence-electron chi connectivity index (χ0n) is 13.9. The third kappa shape index (κ3) is 4.36. The van der Waals surface area contributed by atoms with E-state index in [0.29, 0.717) is 10.0 Å². The maximum Gasteiger partial charge on any atom is 0.302 e. The molecule has 0 saturated carbocycles. The molecule has 2 aromatic rings. The molecule has 1 amide bonds. The van der Waals surface area contributed by atoms with E-state index in [1.807, 2.05) is 24.3 Å². The van der Waals surface area contributed by atoms with E-state index >= 15 is 0 Å². The van der Waals surface area contributed by atoms with E-state index in [4.69, 9.17) is 32.7 Å². The van der Waals surface area contributed by atoms with E-state index < -0.39 is 24.2 Å². The van der Waals surface area contributed by atoms with Crippen molar-refractivity contribution in [2.24, 2.45) is 0 Å². The number of nitrogens with one attached hydrogen (secondary N) is 1. The van der Waals surface area contributed by atoms with Crippen LogP contribution in [0, 0.1) is 0 Å². The van der Waals surface area contributed by atoms with Crippen molar-refractivity contribution in [3.05, 3.63) is 69.7 Å². The van der Waals surface area contributed by atoms with Crippen molar-refractivity contribution in [2.75, 3.05) is 6.61 Å². The van der Waals surface area contributed by atoms with Gasteiger partial charge in [-0.25, -0.2) is 0 Å². The van der Waals surface area contributed by atoms with Crippen LogP contribution in [0.5, 0.6) is 0 Å². The van der Waals surface area contributed by atoms with E-state index in [2.05, 4.69) is 5.32 Å². The predicted octanol–water partition coefficient (Wildman–Crippen LogP) is 3.85. The van der Waals surface area contributed by atoms with Crippen LogP contribution in [0.3, 0.4) is 0 Å². The first-order valence-electron chi connectivity index (χ1n) is 8.04. The number of esters is 1. The summed E-state index contributed by atoms with van der Waals surface area (Å²) in [5, 5.41) is 4.12. The van der Waals surface area contributed by atoms with Crippen molar-refractivity contribution < 1.29 is 19.1 Å². The van der Waals surface area contributed by atoms with Crippen molar-refractivity contribution in [3.8, 4) is 0 Å². The van der Waals surface area contributed by atoms with E-state index in [-0.39, 0.29) is 12.5 Å². The number of rotatable bonds is 4. The minimum Gasteiger partial charge on any atom is -0.463 e. The molecule has 1 unspecified atom stereocenters. The fourth-order valence-electron chi connectivity index (χ4n) is 2.83. The molecule has 0 bridgehead atoms. The van der Waals surface area contributed by atoms with Crippen LogP contribution in [-0.2, 0) is 19.1 Å². The zero-order chi connectivity index (χ0) is 18.7. The first-order valence-corrected chi connectivity index (χ1v) is 8.80. The maximum absolute atomic E-state index is 12.4. The molecule has 136 valence electrons. The average molecular weight is 394 g/mol. The molecule has 0 aliphatic carbocycles. The molecule has 26 heavy (non-hydrogen) atoms. The fourth-order valence-corrected chi connectivity index (χ4v) is 3.15. The lowest BCUT2D eigenvalue weighted by Crippen LogP contribution is -2.49. The van der Waals surface area contributed by atoms with Gasteiger partial charge in [0.25, 0.3) is 5.91 Å². The number of hydrogen-bond donors (Lipinski definition) is 1. The van der Waals surface area contributed by atoms with E-state index in [9.17, 15) is 9.59 Å². The predicted molar refractivity (Wildman–Crippen MR) is 98.0 cm³/mol. The molecule has 1 heterocycles. The van der Waals surface area contributed by atoms with Crippen LogP contribution in [0.1, 0.15) is 30.2 Å². The Bertz CT molecular complexity index is 809. The maximum atomic E-state index is 12.4. The normalized spacial score (nSPS) is 22.6. The quantitative estimate of drug-likeness (QED) is 0.801. The van der Waals surface area contributed by atoms with Gasteiger partial charge < -0.3 is 14.8 Å². The molecule has 5 nitrogen and oxygen atoms in total. The third-order valence-corrected chi connectivity index (χ3v) is 4.54. The van der Waals surface area contributed by atoms with E-state index in [1.165, 1.54) is 6.92 Å². The molecule has 0 radical (unpaired) electrons. The molecule has 0 aromatic heterocycles. The Hall–Kier alpha value is -2.08. The summed E-state index contributed by atoms with van der Waals surface area (Å²) in [4.78, 5) is 23.5. The summed E-state index contributed by atoms with van der Waals surface area (Å²) in [7, 11) is 0. The second kappa shape index (κ2) is 8.08. The Morgan fingerprint density at radius 3 is 2.50 bits per heavy atom. The summed E-state index contributed by atoms with van der Waals surface area (Å²) in [5.74, 6) is -0.815. The van der Waals surface area contributed by atoms with Crippen LogP contribution in [-0.4, -0.2) is 24.6 Å². The summed E-state index contributed by atoms with van der Waals surface area (Å²) in [6.45, 7) is 1.14. The summed E-state index contributed by atoms with van der Waals surface area (Å²) >= 11 is 12.1. The highest BCUT2D eigenvalue weighted by molar-refractivity contribution is 6.30. The second-order valence-corrected chi connectivity index (χ2v) is 6.81. The molecular weight excluding hydrogens is 377 g/mol. The van der Waals surface area contributed by atoms with Gasteiger partial charge in [0.05, 0.1) is 6.04 Å². The van der Waals surface area contributed by atoms with Gasteiger partial charge in [-0.15, -0.1) is 0 Å². The van der Waals surface area contributed by atoms with Crippen LogP contribution in [0.4, 0.5) is 0 Å². The molecule has 1 aliphatic rings. The van der Waals surface area contributed by atoms with Crippen molar-refractivity contribution >= 4 is 35.1 Å². The molecule has 1 fully saturated rings. The molecule has 2 aromatic carbocycles. The first-order chi connectivity index (χ1) is 12.4. The van der Waals surface area contributed by atoms with Gasteiger partial charge in [0.2, 0.25) is 0 Å². The molecule has 1 N–H and O–H groups in total. The SMILES string of the molecule is CC(=O)OCC1O[C@@H](c2cccc(Cl)c2)[C@@H](c2ccc(Cl)cc2)NC1=O. The van der Waals surface area contributed by atoms with Crippen molar-refractivity contribution in [3.63, 3.8) is 0 Å². The van der Waals surface area contributed by atoms with Crippen LogP contribution in [0.15, 0.2) is 48.5 Å². The minimum absolute atomic E-state index is 0.147. The number of carbonyl (C=O) groups excluding carboxylic acids is 2. The molecular formula is C19H17Cl2NO4. The molecule has 1 aliphatic heterocycles. The van der Waals surface area contributed by atoms with Crippen LogP contribution in [0.25, 0.3) is 0 Å². The van der Waals surface area contributed by atoms with Gasteiger partial charge >= 0.3 is 5.97 Å². The molecule has 7 heteroatoms. The standard InChI is InChI=1S/C19H17Cl2NO4/c1-11(23)25-10-16-19(24)22-17(12-5-7-14(20)8-6-12)18(26-16)13-3-2-4-15(21)9-13/h2-9,16-18H,10H2,1H3,(H,22,24)/t16?,17-,18+/m1/s1. The highest BCUT2D eigenvalue weighted by Gasteiger charge is 2.38. The van der Waals surface area contributed by atoms with Gasteiger partial charge in [0.1, 0.15) is 12.7 Å². The van der Waals surface area contributed by atoms with Crippen molar-refractivity contribution in [1.29, 1.82) is 0 Å². The summed E-state index contributed by atoms with van der Waals surface area (Å²) in [5.41, 5.74) is 1.66. The number of amides is 1. The Labute approximate surface area is 161 Å². The van der Waals surface area contributed by atoms with Gasteiger partial charge in [-0.2, -0.15) is 0 Å². The summed E-state index contributed by atoms with van der Waals surface area (Å²) < 4.78 is 11.0. The van der Waals surface area contributed by atoms with Gasteiger partial charge in [-0.3, -0.25) is 9.59 Å². The number of carbonyl (C=O) groups is 2. The van der Waals surface area contributed by atoms with Gasteiger partial charge in [-0.05, 0) is 35.4 Å². The number of benzene rings is 2. The number of ether oxygens (including phenoxy) is 2. The van der Waals surface area contributed by atoms with Crippen LogP contribution < -0.4 is 5.32 Å². The second-order valence-electron chi connectivity index (χ2n) is 5.94. The van der Waals surface area contributed by atoms with Gasteiger partial charge in [-0.1, -0.05) is 47.5 Å². The first kappa shape index (κ1) is 18.7. The monoisotopic (exact) mass is 393 g/mol. The Balaban J connectivity index is 1.92. The Morgan fingerprint density at radius 2 is 1.85 bits per heavy atom. The lowest BCUT2D eigenvalue weighted by atomic mass is 9.93. The van der Waals surface area contributed by atoms with Crippen LogP contribution >= 0.6 is 23.2 Å². The molecule has 3 atom stereocenters. The number of halogens is 2. The van der Waals surface area contributed by atoms with E-state index in [0.717, 1.165) is 11.1 Å². The minimum atomic E-state index is -0.897. The lowest BCUT2D eigenvalue weighted by molar-refractivity contribution is -0.163. The summed E-state index contributed by atoms with van der Waals surface area (Å²) in [6.07, 6.45) is -1.39. The van der Waals surface area contributed by atoms with E-state index in [1.54, 1.807) is 24.3 Å². The largest absolute Gasteiger partial charge is 0.463 e. The fraction of sp³-hybridized carbons (Fsp3) is 0.263. The average Bonchev–Trinajstić information content (AvgIpc) is 2.61. The lowest BCUT2D eigenvalue weighted by Gasteiger charge is -2.37. The Kier molecular flexibility index (Phi) is 5.81. The Morgan fingerprint density at radius 1 is 1.12 bits per heavy atom. The third-order valence-electron chi connectivity index (χ3n) is 4.05. The smallest absolute Gasteiger partial charge is 0.302 e. The van der Waals surface area contributed by atoms with Crippen molar-refractivity contribution in [2.45, 2.75) is 25.2 Å². The summed E-state index contributed by atoms with van der Waals surface area (Å²) in [6, 6.07) is 14.0. The topological polar surface area (TPSA) is 64.6 Å². The van der Waals surface area contributed by atoms with Gasteiger partial charge in [0.15, 0.2) is 6.10 Å². The molecule has 3 rings (SSSR count). The number of morpholine rings is 1.